The Hall–Kier alpha value is -1.74. The molecule has 2 rings (SSSR count). The lowest BCUT2D eigenvalue weighted by molar-refractivity contribution is 0.298. The summed E-state index contributed by atoms with van der Waals surface area (Å²) in [6.07, 6.45) is 0. The van der Waals surface area contributed by atoms with E-state index in [-0.39, 0.29) is 0 Å². The zero-order valence-electron chi connectivity index (χ0n) is 12.0. The van der Waals surface area contributed by atoms with Gasteiger partial charge in [-0.2, -0.15) is 0 Å². The lowest BCUT2D eigenvalue weighted by atomic mass is 10.1. The van der Waals surface area contributed by atoms with Crippen LogP contribution in [-0.2, 0) is 13.2 Å². The third kappa shape index (κ3) is 2.82. The molecule has 0 fully saturated rings. The van der Waals surface area contributed by atoms with E-state index in [1.54, 1.807) is 0 Å². The largest absolute Gasteiger partial charge is 0.488 e. The normalized spacial score (nSPS) is 10.8. The molecule has 19 heavy (non-hydrogen) atoms. The Labute approximate surface area is 114 Å². The average molecular weight is 259 g/mol. The maximum absolute atomic E-state index is 5.97. The standard InChI is InChI=1S/C16H21NO2/c1-10-5-6-11(2)16(12(10)3)18-9-14-7-15(8-17)19-13(14)4/h5-7H,8-9,17H2,1-4H3. The van der Waals surface area contributed by atoms with Gasteiger partial charge in [-0.3, -0.25) is 0 Å². The SMILES string of the molecule is Cc1ccc(C)c(OCc2cc(CN)oc2C)c1C. The molecule has 0 radical (unpaired) electrons. The first-order chi connectivity index (χ1) is 9.02. The molecule has 0 spiro atoms. The number of ether oxygens (including phenoxy) is 1. The second kappa shape index (κ2) is 5.49. The van der Waals surface area contributed by atoms with E-state index < -0.39 is 0 Å². The third-order valence-corrected chi connectivity index (χ3v) is 3.52. The van der Waals surface area contributed by atoms with Crippen LogP contribution >= 0.6 is 0 Å². The lowest BCUT2D eigenvalue weighted by Gasteiger charge is -2.13. The van der Waals surface area contributed by atoms with Gasteiger partial charge < -0.3 is 14.9 Å². The van der Waals surface area contributed by atoms with E-state index in [0.29, 0.717) is 13.2 Å². The molecule has 0 saturated carbocycles. The van der Waals surface area contributed by atoms with Crippen LogP contribution in [0, 0.1) is 27.7 Å². The minimum Gasteiger partial charge on any atom is -0.488 e. The van der Waals surface area contributed by atoms with Crippen LogP contribution < -0.4 is 10.5 Å². The Morgan fingerprint density at radius 3 is 2.42 bits per heavy atom. The van der Waals surface area contributed by atoms with Crippen molar-refractivity contribution in [2.24, 2.45) is 5.73 Å². The molecule has 0 bridgehead atoms. The van der Waals surface area contributed by atoms with Crippen LogP contribution in [0.3, 0.4) is 0 Å². The highest BCUT2D eigenvalue weighted by Gasteiger charge is 2.10. The molecule has 2 N–H and O–H groups in total. The van der Waals surface area contributed by atoms with Gasteiger partial charge in [-0.05, 0) is 50.5 Å². The second-order valence-corrected chi connectivity index (χ2v) is 4.94. The number of rotatable bonds is 4. The fourth-order valence-corrected chi connectivity index (χ4v) is 2.13. The van der Waals surface area contributed by atoms with E-state index in [1.807, 2.05) is 13.0 Å². The van der Waals surface area contributed by atoms with Crippen molar-refractivity contribution >= 4 is 0 Å². The molecule has 0 aliphatic carbocycles. The summed E-state index contributed by atoms with van der Waals surface area (Å²) in [6, 6.07) is 6.17. The number of nitrogens with two attached hydrogens (primary N) is 1. The third-order valence-electron chi connectivity index (χ3n) is 3.52. The molecule has 102 valence electrons. The molecule has 0 amide bonds. The van der Waals surface area contributed by atoms with Gasteiger partial charge in [-0.25, -0.2) is 0 Å². The van der Waals surface area contributed by atoms with Crippen molar-refractivity contribution in [3.63, 3.8) is 0 Å². The second-order valence-electron chi connectivity index (χ2n) is 4.94. The van der Waals surface area contributed by atoms with E-state index in [4.69, 9.17) is 14.9 Å². The fraction of sp³-hybridized carbons (Fsp3) is 0.375. The Morgan fingerprint density at radius 2 is 1.79 bits per heavy atom. The van der Waals surface area contributed by atoms with Crippen molar-refractivity contribution in [1.82, 2.24) is 0 Å². The maximum atomic E-state index is 5.97. The molecule has 0 unspecified atom stereocenters. The van der Waals surface area contributed by atoms with Crippen LogP contribution in [0.1, 0.15) is 33.8 Å². The Balaban J connectivity index is 2.18. The van der Waals surface area contributed by atoms with Crippen LogP contribution in [0.25, 0.3) is 0 Å². The zero-order valence-corrected chi connectivity index (χ0v) is 12.0. The van der Waals surface area contributed by atoms with Crippen molar-refractivity contribution < 1.29 is 9.15 Å². The van der Waals surface area contributed by atoms with E-state index >= 15 is 0 Å². The molecule has 1 heterocycles. The monoisotopic (exact) mass is 259 g/mol. The zero-order chi connectivity index (χ0) is 14.0. The van der Waals surface area contributed by atoms with Gasteiger partial charge in [0.15, 0.2) is 0 Å². The maximum Gasteiger partial charge on any atom is 0.125 e. The van der Waals surface area contributed by atoms with Gasteiger partial charge in [0.2, 0.25) is 0 Å². The lowest BCUT2D eigenvalue weighted by Crippen LogP contribution is -2.00. The smallest absolute Gasteiger partial charge is 0.125 e. The van der Waals surface area contributed by atoms with Crippen LogP contribution in [0.2, 0.25) is 0 Å². The number of furan rings is 1. The molecule has 3 heteroatoms. The summed E-state index contributed by atoms with van der Waals surface area (Å²) in [7, 11) is 0. The van der Waals surface area contributed by atoms with Crippen molar-refractivity contribution in [3.8, 4) is 5.75 Å². The highest BCUT2D eigenvalue weighted by atomic mass is 16.5. The molecule has 0 aliphatic heterocycles. The summed E-state index contributed by atoms with van der Waals surface area (Å²) >= 11 is 0. The van der Waals surface area contributed by atoms with Crippen LogP contribution in [-0.4, -0.2) is 0 Å². The average Bonchev–Trinajstić information content (AvgIpc) is 2.75. The van der Waals surface area contributed by atoms with Crippen molar-refractivity contribution in [3.05, 3.63) is 52.0 Å². The van der Waals surface area contributed by atoms with E-state index in [0.717, 1.165) is 28.4 Å². The Kier molecular flexibility index (Phi) is 3.96. The number of aryl methyl sites for hydroxylation is 3. The molecule has 3 nitrogen and oxygen atoms in total. The van der Waals surface area contributed by atoms with Gasteiger partial charge in [0.05, 0.1) is 6.54 Å². The molecule has 1 aromatic heterocycles. The summed E-state index contributed by atoms with van der Waals surface area (Å²) in [6.45, 7) is 9.12. The first-order valence-electron chi connectivity index (χ1n) is 6.50. The molecule has 0 atom stereocenters. The fourth-order valence-electron chi connectivity index (χ4n) is 2.13. The van der Waals surface area contributed by atoms with Crippen LogP contribution in [0.5, 0.6) is 5.75 Å². The minimum atomic E-state index is 0.420. The van der Waals surface area contributed by atoms with Crippen molar-refractivity contribution in [2.75, 3.05) is 0 Å². The molecular formula is C16H21NO2. The summed E-state index contributed by atoms with van der Waals surface area (Å²) in [5.74, 6) is 2.65. The van der Waals surface area contributed by atoms with Crippen LogP contribution in [0.4, 0.5) is 0 Å². The number of benzene rings is 1. The quantitative estimate of drug-likeness (QED) is 0.913. The van der Waals surface area contributed by atoms with Crippen molar-refractivity contribution in [1.29, 1.82) is 0 Å². The van der Waals surface area contributed by atoms with Gasteiger partial charge in [0.25, 0.3) is 0 Å². The van der Waals surface area contributed by atoms with Crippen LogP contribution in [0.15, 0.2) is 22.6 Å². The van der Waals surface area contributed by atoms with Gasteiger partial charge >= 0.3 is 0 Å². The molecule has 0 saturated heterocycles. The van der Waals surface area contributed by atoms with Gasteiger partial charge in [-0.1, -0.05) is 12.1 Å². The summed E-state index contributed by atoms with van der Waals surface area (Å²) in [5.41, 5.74) is 10.2. The summed E-state index contributed by atoms with van der Waals surface area (Å²) < 4.78 is 11.5. The molecule has 2 aromatic rings. The summed E-state index contributed by atoms with van der Waals surface area (Å²) in [5, 5.41) is 0. The topological polar surface area (TPSA) is 48.4 Å². The number of hydrogen-bond donors (Lipinski definition) is 1. The predicted molar refractivity (Wildman–Crippen MR) is 76.3 cm³/mol. The van der Waals surface area contributed by atoms with Gasteiger partial charge in [0.1, 0.15) is 23.9 Å². The van der Waals surface area contributed by atoms with E-state index in [1.165, 1.54) is 11.1 Å². The molecular weight excluding hydrogens is 238 g/mol. The minimum absolute atomic E-state index is 0.420. The first-order valence-corrected chi connectivity index (χ1v) is 6.50. The molecule has 0 aliphatic rings. The molecule has 1 aromatic carbocycles. The highest BCUT2D eigenvalue weighted by molar-refractivity contribution is 5.44. The predicted octanol–water partition coefficient (Wildman–Crippen LogP) is 3.55. The Bertz CT molecular complexity index is 585. The van der Waals surface area contributed by atoms with Crippen molar-refractivity contribution in [2.45, 2.75) is 40.8 Å². The first kappa shape index (κ1) is 13.7. The van der Waals surface area contributed by atoms with Gasteiger partial charge in [-0.15, -0.1) is 0 Å². The highest BCUT2D eigenvalue weighted by Crippen LogP contribution is 2.27. The Morgan fingerprint density at radius 1 is 1.11 bits per heavy atom. The summed E-state index contributed by atoms with van der Waals surface area (Å²) in [4.78, 5) is 0. The van der Waals surface area contributed by atoms with E-state index in [9.17, 15) is 0 Å². The number of hydrogen-bond acceptors (Lipinski definition) is 3. The van der Waals surface area contributed by atoms with Gasteiger partial charge in [0, 0.05) is 5.56 Å². The van der Waals surface area contributed by atoms with E-state index in [2.05, 4.69) is 32.9 Å².